The molecule has 1 aromatic heterocycles. The molecule has 0 unspecified atom stereocenters. The van der Waals surface area contributed by atoms with E-state index in [1.54, 1.807) is 13.2 Å². The standard InChI is InChI=1S/C11H17ClN4O/c1-17-8-11-13-9(12)7-10(14-11)15-16-5-3-2-4-6-16/h7H,2-6,8H2,1H3,(H,13,14,15). The number of ether oxygens (including phenoxy) is 1. The number of piperidine rings is 1. The average Bonchev–Trinajstić information content (AvgIpc) is 2.30. The first-order valence-corrected chi connectivity index (χ1v) is 6.20. The first-order valence-electron chi connectivity index (χ1n) is 5.82. The number of nitrogens with zero attached hydrogens (tertiary/aromatic N) is 3. The Balaban J connectivity index is 2.03. The minimum atomic E-state index is 0.370. The van der Waals surface area contributed by atoms with Crippen LogP contribution in [0.3, 0.4) is 0 Å². The molecule has 17 heavy (non-hydrogen) atoms. The van der Waals surface area contributed by atoms with Gasteiger partial charge in [-0.15, -0.1) is 0 Å². The molecule has 1 aromatic rings. The Bertz CT molecular complexity index is 368. The molecule has 2 heterocycles. The molecule has 0 aromatic carbocycles. The second-order valence-electron chi connectivity index (χ2n) is 4.08. The number of hydrogen-bond acceptors (Lipinski definition) is 5. The lowest BCUT2D eigenvalue weighted by molar-refractivity contribution is 0.177. The van der Waals surface area contributed by atoms with Crippen LogP contribution < -0.4 is 5.43 Å². The van der Waals surface area contributed by atoms with Crippen molar-refractivity contribution in [2.24, 2.45) is 0 Å². The van der Waals surface area contributed by atoms with Gasteiger partial charge in [-0.05, 0) is 12.8 Å². The number of hydrogen-bond donors (Lipinski definition) is 1. The van der Waals surface area contributed by atoms with Crippen LogP contribution in [-0.2, 0) is 11.3 Å². The van der Waals surface area contributed by atoms with Crippen molar-refractivity contribution in [3.63, 3.8) is 0 Å². The molecule has 5 nitrogen and oxygen atoms in total. The summed E-state index contributed by atoms with van der Waals surface area (Å²) in [4.78, 5) is 8.43. The molecule has 0 atom stereocenters. The lowest BCUT2D eigenvalue weighted by Gasteiger charge is -2.27. The van der Waals surface area contributed by atoms with Gasteiger partial charge in [-0.3, -0.25) is 0 Å². The number of rotatable bonds is 4. The van der Waals surface area contributed by atoms with Gasteiger partial charge in [-0.2, -0.15) is 0 Å². The zero-order valence-corrected chi connectivity index (χ0v) is 10.7. The molecular formula is C11H17ClN4O. The van der Waals surface area contributed by atoms with Crippen molar-refractivity contribution in [1.29, 1.82) is 0 Å². The Kier molecular flexibility index (Phi) is 4.53. The van der Waals surface area contributed by atoms with Crippen molar-refractivity contribution >= 4 is 17.4 Å². The Morgan fingerprint density at radius 3 is 2.82 bits per heavy atom. The number of aromatic nitrogens is 2. The maximum Gasteiger partial charge on any atom is 0.158 e. The summed E-state index contributed by atoms with van der Waals surface area (Å²) in [5, 5.41) is 2.60. The molecule has 0 aliphatic carbocycles. The van der Waals surface area contributed by atoms with Gasteiger partial charge in [-0.25, -0.2) is 15.0 Å². The van der Waals surface area contributed by atoms with Crippen LogP contribution in [-0.4, -0.2) is 35.2 Å². The van der Waals surface area contributed by atoms with Gasteiger partial charge in [0.15, 0.2) is 5.82 Å². The van der Waals surface area contributed by atoms with Gasteiger partial charge in [0.25, 0.3) is 0 Å². The number of anilines is 1. The summed E-state index contributed by atoms with van der Waals surface area (Å²) in [6.45, 7) is 2.46. The highest BCUT2D eigenvalue weighted by atomic mass is 35.5. The Labute approximate surface area is 106 Å². The van der Waals surface area contributed by atoms with Crippen LogP contribution in [0.2, 0.25) is 5.15 Å². The van der Waals surface area contributed by atoms with Crippen LogP contribution in [0.25, 0.3) is 0 Å². The number of hydrazine groups is 1. The summed E-state index contributed by atoms with van der Waals surface area (Å²) < 4.78 is 5.00. The monoisotopic (exact) mass is 256 g/mol. The predicted molar refractivity (Wildman–Crippen MR) is 66.8 cm³/mol. The normalized spacial score (nSPS) is 17.1. The van der Waals surface area contributed by atoms with Crippen LogP contribution in [0.15, 0.2) is 6.07 Å². The van der Waals surface area contributed by atoms with E-state index >= 15 is 0 Å². The zero-order valence-electron chi connectivity index (χ0n) is 9.95. The molecule has 0 radical (unpaired) electrons. The average molecular weight is 257 g/mol. The van der Waals surface area contributed by atoms with Crippen molar-refractivity contribution in [2.75, 3.05) is 25.6 Å². The molecule has 0 spiro atoms. The first-order chi connectivity index (χ1) is 8.28. The molecule has 6 heteroatoms. The minimum Gasteiger partial charge on any atom is -0.377 e. The van der Waals surface area contributed by atoms with E-state index in [1.807, 2.05) is 0 Å². The number of nitrogens with one attached hydrogen (secondary N) is 1. The van der Waals surface area contributed by atoms with Gasteiger partial charge >= 0.3 is 0 Å². The molecule has 1 aliphatic rings. The molecule has 1 saturated heterocycles. The van der Waals surface area contributed by atoms with Crippen molar-refractivity contribution in [1.82, 2.24) is 15.0 Å². The molecule has 1 aliphatic heterocycles. The van der Waals surface area contributed by atoms with Gasteiger partial charge in [0.05, 0.1) is 0 Å². The largest absolute Gasteiger partial charge is 0.377 e. The van der Waals surface area contributed by atoms with Crippen LogP contribution in [0.5, 0.6) is 0 Å². The van der Waals surface area contributed by atoms with Gasteiger partial charge in [0.2, 0.25) is 0 Å². The summed E-state index contributed by atoms with van der Waals surface area (Å²) >= 11 is 5.94. The second-order valence-corrected chi connectivity index (χ2v) is 4.47. The molecule has 1 fully saturated rings. The molecule has 0 saturated carbocycles. The summed E-state index contributed by atoms with van der Waals surface area (Å²) in [6, 6.07) is 1.73. The van der Waals surface area contributed by atoms with E-state index in [4.69, 9.17) is 16.3 Å². The molecule has 2 rings (SSSR count). The van der Waals surface area contributed by atoms with Crippen LogP contribution in [0.4, 0.5) is 5.82 Å². The maximum absolute atomic E-state index is 5.94. The number of halogens is 1. The fourth-order valence-electron chi connectivity index (χ4n) is 1.88. The van der Waals surface area contributed by atoms with Crippen molar-refractivity contribution in [3.05, 3.63) is 17.0 Å². The zero-order chi connectivity index (χ0) is 12.1. The van der Waals surface area contributed by atoms with E-state index in [0.29, 0.717) is 17.6 Å². The van der Waals surface area contributed by atoms with Crippen LogP contribution >= 0.6 is 11.6 Å². The third-order valence-corrected chi connectivity index (χ3v) is 2.84. The van der Waals surface area contributed by atoms with Gasteiger partial charge in [0.1, 0.15) is 17.6 Å². The van der Waals surface area contributed by atoms with E-state index < -0.39 is 0 Å². The van der Waals surface area contributed by atoms with E-state index in [9.17, 15) is 0 Å². The SMILES string of the molecule is COCc1nc(Cl)cc(NN2CCCCC2)n1. The molecule has 1 N–H and O–H groups in total. The molecule has 0 amide bonds. The smallest absolute Gasteiger partial charge is 0.158 e. The Morgan fingerprint density at radius 2 is 2.12 bits per heavy atom. The minimum absolute atomic E-state index is 0.370. The molecule has 94 valence electrons. The third-order valence-electron chi connectivity index (χ3n) is 2.64. The third kappa shape index (κ3) is 3.80. The molecular weight excluding hydrogens is 240 g/mol. The van der Waals surface area contributed by atoms with E-state index in [-0.39, 0.29) is 0 Å². The Morgan fingerprint density at radius 1 is 1.35 bits per heavy atom. The molecule has 0 bridgehead atoms. The topological polar surface area (TPSA) is 50.3 Å². The second kappa shape index (κ2) is 6.14. The van der Waals surface area contributed by atoms with E-state index in [1.165, 1.54) is 19.3 Å². The fourth-order valence-corrected chi connectivity index (χ4v) is 2.08. The summed E-state index contributed by atoms with van der Waals surface area (Å²) in [7, 11) is 1.61. The lowest BCUT2D eigenvalue weighted by atomic mass is 10.2. The van der Waals surface area contributed by atoms with Gasteiger partial charge in [-0.1, -0.05) is 18.0 Å². The number of methoxy groups -OCH3 is 1. The van der Waals surface area contributed by atoms with E-state index in [2.05, 4.69) is 20.4 Å². The summed E-state index contributed by atoms with van der Waals surface area (Å²) in [6.07, 6.45) is 3.74. The summed E-state index contributed by atoms with van der Waals surface area (Å²) in [5.74, 6) is 1.33. The highest BCUT2D eigenvalue weighted by Gasteiger charge is 2.11. The van der Waals surface area contributed by atoms with Gasteiger partial charge in [0, 0.05) is 26.3 Å². The van der Waals surface area contributed by atoms with Crippen LogP contribution in [0.1, 0.15) is 25.1 Å². The maximum atomic E-state index is 5.94. The van der Waals surface area contributed by atoms with Gasteiger partial charge < -0.3 is 10.2 Å². The summed E-state index contributed by atoms with van der Waals surface area (Å²) in [5.41, 5.74) is 3.26. The van der Waals surface area contributed by atoms with E-state index in [0.717, 1.165) is 18.9 Å². The predicted octanol–water partition coefficient (Wildman–Crippen LogP) is 2.09. The highest BCUT2D eigenvalue weighted by Crippen LogP contribution is 2.15. The Hall–Kier alpha value is -0.910. The van der Waals surface area contributed by atoms with Crippen molar-refractivity contribution in [2.45, 2.75) is 25.9 Å². The lowest BCUT2D eigenvalue weighted by Crippen LogP contribution is -2.35. The van der Waals surface area contributed by atoms with Crippen LogP contribution in [0, 0.1) is 0 Å². The van der Waals surface area contributed by atoms with Crippen molar-refractivity contribution < 1.29 is 4.74 Å². The quantitative estimate of drug-likeness (QED) is 0.836. The van der Waals surface area contributed by atoms with Crippen molar-refractivity contribution in [3.8, 4) is 0 Å². The first kappa shape index (κ1) is 12.5. The fraction of sp³-hybridized carbons (Fsp3) is 0.636. The highest BCUT2D eigenvalue weighted by molar-refractivity contribution is 6.29.